The standard InChI is InChI=1S/C23H16FN7S/c1-11-2-3-19(32-11)22-21-17(4-5-27-22)28-23(29-21)20-15-7-14(12-6-13(25)10-26-9-12)16(24)8-18(15)30-31-20/h2-10H,25H2,1H3,(H,28,29)(H,30,31). The molecule has 0 aliphatic rings. The number of fused-ring (bicyclic) bond motifs is 2. The molecule has 156 valence electrons. The van der Waals surface area contributed by atoms with Crippen LogP contribution in [0.15, 0.2) is 55.0 Å². The number of aromatic nitrogens is 6. The number of halogens is 1. The molecule has 0 fully saturated rings. The molecule has 0 atom stereocenters. The van der Waals surface area contributed by atoms with E-state index in [-0.39, 0.29) is 5.82 Å². The van der Waals surface area contributed by atoms with Gasteiger partial charge >= 0.3 is 0 Å². The third kappa shape index (κ3) is 2.94. The molecule has 0 unspecified atom stereocenters. The fraction of sp³-hybridized carbons (Fsp3) is 0.0435. The summed E-state index contributed by atoms with van der Waals surface area (Å²) < 4.78 is 14.8. The Hall–Kier alpha value is -4.11. The molecule has 6 rings (SSSR count). The number of nitrogens with one attached hydrogen (secondary N) is 2. The topological polar surface area (TPSA) is 109 Å². The predicted octanol–water partition coefficient (Wildman–Crippen LogP) is 5.32. The number of hydrogen-bond donors (Lipinski definition) is 3. The summed E-state index contributed by atoms with van der Waals surface area (Å²) in [6.45, 7) is 2.06. The van der Waals surface area contributed by atoms with Crippen LogP contribution in [0.4, 0.5) is 10.1 Å². The zero-order valence-corrected chi connectivity index (χ0v) is 17.7. The normalized spacial score (nSPS) is 11.6. The molecule has 0 radical (unpaired) electrons. The van der Waals surface area contributed by atoms with Crippen LogP contribution in [0.3, 0.4) is 0 Å². The van der Waals surface area contributed by atoms with Gasteiger partial charge < -0.3 is 10.7 Å². The molecule has 0 saturated heterocycles. The quantitative estimate of drug-likeness (QED) is 0.344. The monoisotopic (exact) mass is 441 g/mol. The summed E-state index contributed by atoms with van der Waals surface area (Å²) in [5, 5.41) is 8.07. The molecule has 1 aromatic carbocycles. The Bertz CT molecular complexity index is 1630. The highest BCUT2D eigenvalue weighted by Gasteiger charge is 2.18. The molecule has 0 amide bonds. The van der Waals surface area contributed by atoms with Crippen molar-refractivity contribution >= 4 is 39.0 Å². The largest absolute Gasteiger partial charge is 0.397 e. The summed E-state index contributed by atoms with van der Waals surface area (Å²) in [5.74, 6) is 0.196. The number of nitrogens with zero attached hydrogens (tertiary/aromatic N) is 4. The third-order valence-corrected chi connectivity index (χ3v) is 6.33. The van der Waals surface area contributed by atoms with Gasteiger partial charge in [-0.3, -0.25) is 15.1 Å². The van der Waals surface area contributed by atoms with Gasteiger partial charge in [0.1, 0.15) is 22.7 Å². The third-order valence-electron chi connectivity index (χ3n) is 5.32. The second kappa shape index (κ2) is 6.96. The maximum absolute atomic E-state index is 14.8. The van der Waals surface area contributed by atoms with Gasteiger partial charge in [0.05, 0.1) is 21.6 Å². The summed E-state index contributed by atoms with van der Waals surface area (Å²) >= 11 is 1.67. The lowest BCUT2D eigenvalue weighted by Crippen LogP contribution is -1.90. The first-order chi connectivity index (χ1) is 15.6. The van der Waals surface area contributed by atoms with Crippen molar-refractivity contribution in [3.63, 3.8) is 0 Å². The molecular formula is C23H16FN7S. The number of aryl methyl sites for hydroxylation is 1. The van der Waals surface area contributed by atoms with Crippen molar-refractivity contribution in [2.45, 2.75) is 6.92 Å². The van der Waals surface area contributed by atoms with Crippen molar-refractivity contribution in [1.82, 2.24) is 30.1 Å². The number of H-pyrrole nitrogens is 2. The number of pyridine rings is 2. The number of nitrogen functional groups attached to an aromatic ring is 1. The van der Waals surface area contributed by atoms with E-state index in [0.717, 1.165) is 27.0 Å². The average molecular weight is 441 g/mol. The first-order valence-corrected chi connectivity index (χ1v) is 10.7. The SMILES string of the molecule is Cc1ccc(-c2nccc3[nH]c(-c4n[nH]c5cc(F)c(-c6cncc(N)c6)cc45)nc23)s1. The second-order valence-electron chi connectivity index (χ2n) is 7.51. The van der Waals surface area contributed by atoms with Crippen LogP contribution in [-0.4, -0.2) is 30.1 Å². The average Bonchev–Trinajstić information content (AvgIpc) is 3.50. The zero-order valence-electron chi connectivity index (χ0n) is 16.8. The van der Waals surface area contributed by atoms with Gasteiger partial charge in [-0.15, -0.1) is 11.3 Å². The zero-order chi connectivity index (χ0) is 21.8. The Kier molecular flexibility index (Phi) is 4.05. The van der Waals surface area contributed by atoms with Gasteiger partial charge in [0.25, 0.3) is 0 Å². The van der Waals surface area contributed by atoms with Crippen molar-refractivity contribution in [3.05, 3.63) is 65.7 Å². The summed E-state index contributed by atoms with van der Waals surface area (Å²) in [7, 11) is 0. The van der Waals surface area contributed by atoms with Crippen molar-refractivity contribution in [3.8, 4) is 33.2 Å². The Balaban J connectivity index is 1.53. The van der Waals surface area contributed by atoms with Crippen molar-refractivity contribution < 1.29 is 4.39 Å². The number of anilines is 1. The number of imidazole rings is 1. The number of rotatable bonds is 3. The Morgan fingerprint density at radius 2 is 1.94 bits per heavy atom. The molecule has 0 bridgehead atoms. The first-order valence-electron chi connectivity index (χ1n) is 9.87. The predicted molar refractivity (Wildman–Crippen MR) is 125 cm³/mol. The van der Waals surface area contributed by atoms with E-state index in [2.05, 4.69) is 44.2 Å². The van der Waals surface area contributed by atoms with Gasteiger partial charge in [0.15, 0.2) is 5.82 Å². The van der Waals surface area contributed by atoms with Crippen LogP contribution < -0.4 is 5.73 Å². The minimum atomic E-state index is -0.385. The molecule has 6 aromatic rings. The van der Waals surface area contributed by atoms with Gasteiger partial charge in [0.2, 0.25) is 0 Å². The minimum absolute atomic E-state index is 0.385. The van der Waals surface area contributed by atoms with E-state index in [4.69, 9.17) is 10.7 Å². The molecule has 32 heavy (non-hydrogen) atoms. The van der Waals surface area contributed by atoms with Crippen molar-refractivity contribution in [2.75, 3.05) is 5.73 Å². The minimum Gasteiger partial charge on any atom is -0.397 e. The van der Waals surface area contributed by atoms with E-state index in [1.54, 1.807) is 35.9 Å². The van der Waals surface area contributed by atoms with E-state index in [1.807, 2.05) is 6.07 Å². The van der Waals surface area contributed by atoms with E-state index in [0.29, 0.717) is 33.8 Å². The molecule has 0 saturated carbocycles. The lowest BCUT2D eigenvalue weighted by molar-refractivity contribution is 0.633. The van der Waals surface area contributed by atoms with Gasteiger partial charge in [0, 0.05) is 46.0 Å². The smallest absolute Gasteiger partial charge is 0.159 e. The van der Waals surface area contributed by atoms with Crippen LogP contribution in [0.1, 0.15) is 4.88 Å². The van der Waals surface area contributed by atoms with Gasteiger partial charge in [-0.05, 0) is 37.3 Å². The molecule has 5 aromatic heterocycles. The Morgan fingerprint density at radius 1 is 1.03 bits per heavy atom. The van der Waals surface area contributed by atoms with Gasteiger partial charge in [-0.2, -0.15) is 5.10 Å². The fourth-order valence-corrected chi connectivity index (χ4v) is 4.70. The highest BCUT2D eigenvalue weighted by atomic mass is 32.1. The highest BCUT2D eigenvalue weighted by Crippen LogP contribution is 2.35. The second-order valence-corrected chi connectivity index (χ2v) is 8.80. The first kappa shape index (κ1) is 18.6. The number of nitrogens with two attached hydrogens (primary N) is 1. The fourth-order valence-electron chi connectivity index (χ4n) is 3.83. The molecular weight excluding hydrogens is 425 g/mol. The number of thiophene rings is 1. The van der Waals surface area contributed by atoms with Crippen molar-refractivity contribution in [2.24, 2.45) is 0 Å². The maximum atomic E-state index is 14.8. The van der Waals surface area contributed by atoms with Gasteiger partial charge in [-0.1, -0.05) is 0 Å². The Morgan fingerprint density at radius 3 is 2.75 bits per heavy atom. The van der Waals surface area contributed by atoms with Crippen LogP contribution in [0.25, 0.3) is 55.2 Å². The number of benzene rings is 1. The highest BCUT2D eigenvalue weighted by molar-refractivity contribution is 7.15. The summed E-state index contributed by atoms with van der Waals surface area (Å²) in [4.78, 5) is 19.0. The number of aromatic amines is 2. The van der Waals surface area contributed by atoms with E-state index in [9.17, 15) is 4.39 Å². The molecule has 7 nitrogen and oxygen atoms in total. The van der Waals surface area contributed by atoms with Crippen LogP contribution >= 0.6 is 11.3 Å². The van der Waals surface area contributed by atoms with E-state index in [1.165, 1.54) is 17.1 Å². The maximum Gasteiger partial charge on any atom is 0.159 e. The Labute approximate surface area is 185 Å². The lowest BCUT2D eigenvalue weighted by Gasteiger charge is -2.05. The summed E-state index contributed by atoms with van der Waals surface area (Å²) in [6.07, 6.45) is 4.87. The summed E-state index contributed by atoms with van der Waals surface area (Å²) in [6, 6.07) is 10.9. The van der Waals surface area contributed by atoms with E-state index < -0.39 is 0 Å². The molecule has 0 aliphatic heterocycles. The molecule has 0 spiro atoms. The summed E-state index contributed by atoms with van der Waals surface area (Å²) in [5.41, 5.74) is 10.9. The molecule has 0 aliphatic carbocycles. The van der Waals surface area contributed by atoms with E-state index >= 15 is 0 Å². The van der Waals surface area contributed by atoms with Crippen LogP contribution in [0, 0.1) is 12.7 Å². The lowest BCUT2D eigenvalue weighted by atomic mass is 10.0. The van der Waals surface area contributed by atoms with Gasteiger partial charge in [-0.25, -0.2) is 9.37 Å². The molecule has 5 heterocycles. The number of hydrogen-bond acceptors (Lipinski definition) is 6. The molecule has 4 N–H and O–H groups in total. The van der Waals surface area contributed by atoms with Crippen molar-refractivity contribution in [1.29, 1.82) is 0 Å². The van der Waals surface area contributed by atoms with Crippen LogP contribution in [0.2, 0.25) is 0 Å². The van der Waals surface area contributed by atoms with Crippen LogP contribution in [0.5, 0.6) is 0 Å². The van der Waals surface area contributed by atoms with Crippen LogP contribution in [-0.2, 0) is 0 Å². The molecule has 9 heteroatoms.